The number of ketones is 1. The fourth-order valence-corrected chi connectivity index (χ4v) is 6.78. The highest BCUT2D eigenvalue weighted by Crippen LogP contribution is 2.21. The lowest BCUT2D eigenvalue weighted by Gasteiger charge is -2.22. The topological polar surface area (TPSA) is 105 Å². The van der Waals surface area contributed by atoms with Crippen LogP contribution in [0.15, 0.2) is 0 Å². The van der Waals surface area contributed by atoms with Gasteiger partial charge in [0.25, 0.3) is 0 Å². The van der Waals surface area contributed by atoms with Crippen molar-refractivity contribution in [2.75, 3.05) is 32.8 Å². The second-order valence-corrected chi connectivity index (χ2v) is 14.4. The Morgan fingerprint density at radius 3 is 1.92 bits per heavy atom. The van der Waals surface area contributed by atoms with Crippen molar-refractivity contribution in [2.45, 2.75) is 206 Å². The van der Waals surface area contributed by atoms with Gasteiger partial charge in [-0.15, -0.1) is 0 Å². The second-order valence-electron chi connectivity index (χ2n) is 14.4. The Morgan fingerprint density at radius 2 is 1.29 bits per heavy atom. The van der Waals surface area contributed by atoms with Gasteiger partial charge in [-0.05, 0) is 84.2 Å². The average molecular weight is 681 g/mol. The quantitative estimate of drug-likeness (QED) is 0.0513. The third-order valence-corrected chi connectivity index (χ3v) is 9.74. The van der Waals surface area contributed by atoms with E-state index in [1.54, 1.807) is 6.92 Å². The summed E-state index contributed by atoms with van der Waals surface area (Å²) in [6, 6.07) is -0.0132. The number of unbranched alkanes of at least 4 members (excludes halogenated alkanes) is 16. The summed E-state index contributed by atoms with van der Waals surface area (Å²) in [4.78, 5) is 39.2. The monoisotopic (exact) mass is 681 g/mol. The van der Waals surface area contributed by atoms with Crippen molar-refractivity contribution in [2.24, 2.45) is 0 Å². The van der Waals surface area contributed by atoms with Crippen molar-refractivity contribution in [1.82, 2.24) is 10.2 Å². The van der Waals surface area contributed by atoms with E-state index < -0.39 is 0 Å². The number of nitrogens with zero attached hydrogens (tertiary/aromatic N) is 1. The minimum Gasteiger partial charge on any atom is -0.465 e. The van der Waals surface area contributed by atoms with Crippen LogP contribution in [0.5, 0.6) is 0 Å². The van der Waals surface area contributed by atoms with E-state index in [9.17, 15) is 14.4 Å². The van der Waals surface area contributed by atoms with Crippen LogP contribution >= 0.6 is 0 Å². The fourth-order valence-electron chi connectivity index (χ4n) is 6.78. The molecule has 0 amide bonds. The molecular weight excluding hydrogens is 604 g/mol. The van der Waals surface area contributed by atoms with E-state index in [1.165, 1.54) is 64.2 Å². The van der Waals surface area contributed by atoms with Gasteiger partial charge in [-0.1, -0.05) is 104 Å². The fraction of sp³-hybridized carbons (Fsp3) is 0.925. The maximum absolute atomic E-state index is 13.0. The predicted molar refractivity (Wildman–Crippen MR) is 197 cm³/mol. The highest BCUT2D eigenvalue weighted by Gasteiger charge is 2.37. The number of ether oxygens (including phenoxy) is 2. The first-order valence-corrected chi connectivity index (χ1v) is 20.3. The molecule has 0 saturated carbocycles. The Bertz CT molecular complexity index is 778. The predicted octanol–water partition coefficient (Wildman–Crippen LogP) is 8.85. The first kappa shape index (κ1) is 44.5. The van der Waals surface area contributed by atoms with Crippen LogP contribution in [0.25, 0.3) is 0 Å². The van der Waals surface area contributed by atoms with E-state index in [4.69, 9.17) is 14.6 Å². The molecule has 8 nitrogen and oxygen atoms in total. The number of carbonyl (C=O) groups is 3. The van der Waals surface area contributed by atoms with Crippen molar-refractivity contribution in [3.8, 4) is 0 Å². The zero-order chi connectivity index (χ0) is 35.1. The van der Waals surface area contributed by atoms with Crippen molar-refractivity contribution < 1.29 is 29.0 Å². The molecule has 0 aliphatic carbocycles. The van der Waals surface area contributed by atoms with Crippen LogP contribution in [0.1, 0.15) is 188 Å². The molecule has 1 heterocycles. The lowest BCUT2D eigenvalue weighted by molar-refractivity contribution is -0.150. The zero-order valence-corrected chi connectivity index (χ0v) is 31.6. The summed E-state index contributed by atoms with van der Waals surface area (Å²) in [5, 5.41) is 12.6. The summed E-state index contributed by atoms with van der Waals surface area (Å²) in [6.07, 6.45) is 27.4. The van der Waals surface area contributed by atoms with Gasteiger partial charge in [0.05, 0.1) is 6.61 Å². The number of hydrogen-bond donors (Lipinski definition) is 2. The Balaban J connectivity index is 2.29. The van der Waals surface area contributed by atoms with Gasteiger partial charge in [0, 0.05) is 32.0 Å². The number of rotatable bonds is 34. The van der Waals surface area contributed by atoms with Crippen LogP contribution in [-0.4, -0.2) is 78.8 Å². The van der Waals surface area contributed by atoms with Gasteiger partial charge in [0.2, 0.25) is 0 Å². The van der Waals surface area contributed by atoms with E-state index >= 15 is 0 Å². The van der Waals surface area contributed by atoms with E-state index in [0.29, 0.717) is 25.9 Å². The third-order valence-electron chi connectivity index (χ3n) is 9.74. The Hall–Kier alpha value is -1.51. The van der Waals surface area contributed by atoms with Crippen molar-refractivity contribution >= 4 is 17.7 Å². The number of aliphatic hydroxyl groups excluding tert-OH is 1. The Kier molecular flexibility index (Phi) is 29.2. The number of nitrogens with one attached hydrogen (secondary N) is 1. The van der Waals surface area contributed by atoms with Crippen LogP contribution in [-0.2, 0) is 23.9 Å². The zero-order valence-electron chi connectivity index (χ0n) is 31.6. The standard InChI is InChI=1S/C40H76N2O6/c1-4-6-8-10-13-19-26-37(27-20-14-11-9-7-5-2)48-39(45)28-21-15-12-16-23-32-47-40(46)38-33-36(41-29-24-31-43)34-42(38)30-22-17-18-25-35(3)44/h36-38,41,43H,4-34H2,1-3H3/t36?,38-/m0/s1. The van der Waals surface area contributed by atoms with Gasteiger partial charge in [-0.25, -0.2) is 0 Å². The van der Waals surface area contributed by atoms with Gasteiger partial charge in [0.1, 0.15) is 17.9 Å². The SMILES string of the molecule is CCCCCCCCC(CCCCCCCC)OC(=O)CCCCCCCOC(=O)[C@@H]1CC(NCCCO)CN1CCCCCC(C)=O. The van der Waals surface area contributed by atoms with Gasteiger partial charge >= 0.3 is 11.9 Å². The van der Waals surface area contributed by atoms with Gasteiger partial charge in [0.15, 0.2) is 0 Å². The number of likely N-dealkylation sites (tertiary alicyclic amines) is 1. The van der Waals surface area contributed by atoms with Gasteiger partial charge in [-0.3, -0.25) is 14.5 Å². The van der Waals surface area contributed by atoms with E-state index in [0.717, 1.165) is 103 Å². The molecule has 0 radical (unpaired) electrons. The van der Waals surface area contributed by atoms with E-state index in [2.05, 4.69) is 24.1 Å². The summed E-state index contributed by atoms with van der Waals surface area (Å²) in [5.41, 5.74) is 0. The minimum absolute atomic E-state index is 0.0324. The number of carbonyl (C=O) groups excluding carboxylic acids is 3. The van der Waals surface area contributed by atoms with E-state index in [-0.39, 0.29) is 42.5 Å². The van der Waals surface area contributed by atoms with E-state index in [1.807, 2.05) is 0 Å². The molecule has 0 aromatic rings. The molecule has 48 heavy (non-hydrogen) atoms. The molecule has 1 aliphatic heterocycles. The molecule has 0 aromatic heterocycles. The lowest BCUT2D eigenvalue weighted by atomic mass is 10.0. The van der Waals surface area contributed by atoms with Crippen LogP contribution in [0.2, 0.25) is 0 Å². The molecule has 2 N–H and O–H groups in total. The third kappa shape index (κ3) is 24.6. The maximum Gasteiger partial charge on any atom is 0.323 e. The molecule has 1 aliphatic rings. The highest BCUT2D eigenvalue weighted by atomic mass is 16.5. The van der Waals surface area contributed by atoms with Crippen molar-refractivity contribution in [3.05, 3.63) is 0 Å². The minimum atomic E-state index is -0.235. The van der Waals surface area contributed by atoms with Crippen LogP contribution in [0.4, 0.5) is 0 Å². The lowest BCUT2D eigenvalue weighted by Crippen LogP contribution is -2.38. The first-order chi connectivity index (χ1) is 23.4. The first-order valence-electron chi connectivity index (χ1n) is 20.3. The number of aliphatic hydroxyl groups is 1. The smallest absolute Gasteiger partial charge is 0.323 e. The molecular formula is C40H76N2O6. The highest BCUT2D eigenvalue weighted by molar-refractivity contribution is 5.76. The molecule has 2 atom stereocenters. The molecule has 8 heteroatoms. The molecule has 0 aromatic carbocycles. The summed E-state index contributed by atoms with van der Waals surface area (Å²) in [6.45, 7) is 9.11. The van der Waals surface area contributed by atoms with Crippen molar-refractivity contribution in [1.29, 1.82) is 0 Å². The van der Waals surface area contributed by atoms with Crippen LogP contribution in [0, 0.1) is 0 Å². The molecule has 282 valence electrons. The molecule has 0 bridgehead atoms. The summed E-state index contributed by atoms with van der Waals surface area (Å²) in [7, 11) is 0. The van der Waals surface area contributed by atoms with Crippen LogP contribution in [0.3, 0.4) is 0 Å². The van der Waals surface area contributed by atoms with Gasteiger partial charge < -0.3 is 24.7 Å². The van der Waals surface area contributed by atoms with Crippen molar-refractivity contribution in [3.63, 3.8) is 0 Å². The second kappa shape index (κ2) is 31.5. The maximum atomic E-state index is 13.0. The largest absolute Gasteiger partial charge is 0.465 e. The molecule has 1 fully saturated rings. The Labute approximate surface area is 295 Å². The summed E-state index contributed by atoms with van der Waals surface area (Å²) in [5.74, 6) is 0.0639. The molecule has 0 spiro atoms. The number of Topliss-reactive ketones (excluding diaryl/α,β-unsaturated/α-hetero) is 1. The molecule has 1 unspecified atom stereocenters. The Morgan fingerprint density at radius 1 is 0.729 bits per heavy atom. The number of hydrogen-bond acceptors (Lipinski definition) is 8. The normalized spacial score (nSPS) is 16.5. The molecule has 1 saturated heterocycles. The summed E-state index contributed by atoms with van der Waals surface area (Å²) >= 11 is 0. The summed E-state index contributed by atoms with van der Waals surface area (Å²) < 4.78 is 11.7. The average Bonchev–Trinajstić information content (AvgIpc) is 3.47. The number of esters is 2. The molecule has 1 rings (SSSR count). The van der Waals surface area contributed by atoms with Gasteiger partial charge in [-0.2, -0.15) is 0 Å². The van der Waals surface area contributed by atoms with Crippen LogP contribution < -0.4 is 5.32 Å².